The van der Waals surface area contributed by atoms with Crippen molar-refractivity contribution in [3.63, 3.8) is 0 Å². The Morgan fingerprint density at radius 2 is 1.83 bits per heavy atom. The molecule has 24 heavy (non-hydrogen) atoms. The lowest BCUT2D eigenvalue weighted by molar-refractivity contribution is -0.109. The molecule has 6 heteroatoms. The molecule has 0 aromatic heterocycles. The van der Waals surface area contributed by atoms with Gasteiger partial charge in [-0.25, -0.2) is 0 Å². The van der Waals surface area contributed by atoms with Gasteiger partial charge in [0, 0.05) is 17.7 Å². The molecule has 2 rings (SSSR count). The van der Waals surface area contributed by atoms with E-state index in [4.69, 9.17) is 20.9 Å². The zero-order valence-corrected chi connectivity index (χ0v) is 16.7. The van der Waals surface area contributed by atoms with Gasteiger partial charge in [0.15, 0.2) is 5.12 Å². The second-order valence-electron chi connectivity index (χ2n) is 7.11. The molecule has 1 fully saturated rings. The van der Waals surface area contributed by atoms with Crippen LogP contribution in [0.1, 0.15) is 45.7 Å². The molecule has 0 amide bonds. The smallest absolute Gasteiger partial charge is 0.400 e. The fourth-order valence-corrected chi connectivity index (χ4v) is 3.09. The molecule has 0 spiro atoms. The second kappa shape index (κ2) is 7.24. The number of thioether (sulfide) groups is 1. The van der Waals surface area contributed by atoms with Gasteiger partial charge in [0.2, 0.25) is 0 Å². The average Bonchev–Trinajstić information content (AvgIpc) is 2.66. The minimum absolute atomic E-state index is 0.0627. The van der Waals surface area contributed by atoms with Crippen LogP contribution < -0.4 is 0 Å². The van der Waals surface area contributed by atoms with Crippen LogP contribution in [0.5, 0.6) is 0 Å². The zero-order chi connectivity index (χ0) is 18.1. The third kappa shape index (κ3) is 4.45. The Balaban J connectivity index is 2.37. The van der Waals surface area contributed by atoms with E-state index in [2.05, 4.69) is 0 Å². The van der Waals surface area contributed by atoms with Crippen molar-refractivity contribution in [3.8, 4) is 0 Å². The van der Waals surface area contributed by atoms with Gasteiger partial charge in [0.05, 0.1) is 11.2 Å². The summed E-state index contributed by atoms with van der Waals surface area (Å²) in [4.78, 5) is 11.4. The maximum absolute atomic E-state index is 11.4. The van der Waals surface area contributed by atoms with Gasteiger partial charge >= 0.3 is 7.12 Å². The zero-order valence-electron chi connectivity index (χ0n) is 15.1. The summed E-state index contributed by atoms with van der Waals surface area (Å²) in [5, 5.41) is 0.732. The molecule has 0 atom stereocenters. The molecular formula is C18H24BClO3S. The second-order valence-corrected chi connectivity index (χ2v) is 8.67. The maximum atomic E-state index is 11.4. The van der Waals surface area contributed by atoms with Crippen molar-refractivity contribution in [1.82, 2.24) is 0 Å². The summed E-state index contributed by atoms with van der Waals surface area (Å²) in [5.74, 6) is 0.510. The lowest BCUT2D eigenvalue weighted by Crippen LogP contribution is -2.41. The summed E-state index contributed by atoms with van der Waals surface area (Å²) in [5.41, 5.74) is 2.09. The molecule has 0 saturated carbocycles. The highest BCUT2D eigenvalue weighted by Gasteiger charge is 2.52. The third-order valence-corrected chi connectivity index (χ3v) is 5.72. The van der Waals surface area contributed by atoms with E-state index in [0.717, 1.165) is 16.6 Å². The largest absolute Gasteiger partial charge is 0.491 e. The van der Waals surface area contributed by atoms with E-state index < -0.39 is 18.3 Å². The molecular weight excluding hydrogens is 343 g/mol. The SMILES string of the molecule is CC(=O)SCC(=Cc1cc(C)ccc1Cl)B1OC(C)(C)C(C)(C)O1. The fourth-order valence-electron chi connectivity index (χ4n) is 2.33. The highest BCUT2D eigenvalue weighted by Crippen LogP contribution is 2.39. The predicted molar refractivity (Wildman–Crippen MR) is 103 cm³/mol. The number of carbonyl (C=O) groups excluding carboxylic acids is 1. The van der Waals surface area contributed by atoms with Crippen LogP contribution in [0.3, 0.4) is 0 Å². The molecule has 0 N–H and O–H groups in total. The molecule has 0 unspecified atom stereocenters. The summed E-state index contributed by atoms with van der Waals surface area (Å²) < 4.78 is 12.3. The van der Waals surface area contributed by atoms with Crippen LogP contribution in [0.2, 0.25) is 5.02 Å². The fraction of sp³-hybridized carbons (Fsp3) is 0.500. The van der Waals surface area contributed by atoms with Crippen molar-refractivity contribution < 1.29 is 14.1 Å². The highest BCUT2D eigenvalue weighted by atomic mass is 35.5. The summed E-state index contributed by atoms with van der Waals surface area (Å²) in [6.07, 6.45) is 1.98. The van der Waals surface area contributed by atoms with E-state index in [0.29, 0.717) is 10.8 Å². The van der Waals surface area contributed by atoms with Crippen molar-refractivity contribution in [2.45, 2.75) is 52.7 Å². The monoisotopic (exact) mass is 366 g/mol. The van der Waals surface area contributed by atoms with Gasteiger partial charge < -0.3 is 9.31 Å². The van der Waals surface area contributed by atoms with E-state index in [9.17, 15) is 4.79 Å². The van der Waals surface area contributed by atoms with Crippen LogP contribution in [-0.2, 0) is 14.1 Å². The van der Waals surface area contributed by atoms with Gasteiger partial charge in [-0.1, -0.05) is 47.1 Å². The molecule has 0 aliphatic carbocycles. The first-order chi connectivity index (χ1) is 11.0. The topological polar surface area (TPSA) is 35.5 Å². The summed E-state index contributed by atoms with van der Waals surface area (Å²) in [6, 6.07) is 5.87. The number of hydrogen-bond donors (Lipinski definition) is 0. The number of rotatable bonds is 4. The van der Waals surface area contributed by atoms with Gasteiger partial charge in [-0.15, -0.1) is 0 Å². The molecule has 1 aliphatic heterocycles. The van der Waals surface area contributed by atoms with Crippen molar-refractivity contribution in [3.05, 3.63) is 39.8 Å². The number of halogens is 1. The number of aryl methyl sites for hydroxylation is 1. The summed E-state index contributed by atoms with van der Waals surface area (Å²) >= 11 is 7.57. The molecule has 1 aromatic carbocycles. The first-order valence-corrected chi connectivity index (χ1v) is 9.34. The quantitative estimate of drug-likeness (QED) is 0.707. The minimum Gasteiger partial charge on any atom is -0.400 e. The lowest BCUT2D eigenvalue weighted by Gasteiger charge is -2.32. The first-order valence-electron chi connectivity index (χ1n) is 7.97. The van der Waals surface area contributed by atoms with E-state index in [1.165, 1.54) is 11.8 Å². The predicted octanol–water partition coefficient (Wildman–Crippen LogP) is 4.94. The summed E-state index contributed by atoms with van der Waals surface area (Å²) in [6.45, 7) is 11.6. The molecule has 130 valence electrons. The highest BCUT2D eigenvalue weighted by molar-refractivity contribution is 8.13. The van der Waals surface area contributed by atoms with Crippen LogP contribution in [-0.4, -0.2) is 29.2 Å². The van der Waals surface area contributed by atoms with Crippen molar-refractivity contribution in [2.75, 3.05) is 5.75 Å². The summed E-state index contributed by atoms with van der Waals surface area (Å²) in [7, 11) is -0.488. The number of carbonyl (C=O) groups is 1. The Kier molecular flexibility index (Phi) is 5.91. The molecule has 1 saturated heterocycles. The molecule has 0 radical (unpaired) electrons. The Bertz CT molecular complexity index is 654. The normalized spacial score (nSPS) is 19.6. The molecule has 1 heterocycles. The van der Waals surface area contributed by atoms with Crippen molar-refractivity contribution >= 4 is 41.7 Å². The van der Waals surface area contributed by atoms with E-state index in [1.807, 2.05) is 58.9 Å². The van der Waals surface area contributed by atoms with E-state index in [1.54, 1.807) is 6.92 Å². The first kappa shape index (κ1) is 19.6. The van der Waals surface area contributed by atoms with Crippen LogP contribution in [0.15, 0.2) is 23.7 Å². The Hall–Kier alpha value is -0.745. The van der Waals surface area contributed by atoms with Crippen LogP contribution in [0.25, 0.3) is 6.08 Å². The molecule has 1 aromatic rings. The van der Waals surface area contributed by atoms with Crippen LogP contribution in [0, 0.1) is 6.92 Å². The van der Waals surface area contributed by atoms with Gasteiger partial charge in [-0.05, 0) is 51.7 Å². The van der Waals surface area contributed by atoms with E-state index >= 15 is 0 Å². The molecule has 3 nitrogen and oxygen atoms in total. The van der Waals surface area contributed by atoms with Gasteiger partial charge in [0.1, 0.15) is 0 Å². The van der Waals surface area contributed by atoms with E-state index in [-0.39, 0.29) is 5.12 Å². The van der Waals surface area contributed by atoms with Gasteiger partial charge in [0.25, 0.3) is 0 Å². The Labute approximate surface area is 154 Å². The standard InChI is InChI=1S/C18H24BClO3S/c1-12-7-8-16(20)14(9-12)10-15(11-24-13(2)21)19-22-17(3,4)18(5,6)23-19/h7-10H,11H2,1-6H3. The third-order valence-electron chi connectivity index (χ3n) is 4.49. The van der Waals surface area contributed by atoms with Crippen molar-refractivity contribution in [1.29, 1.82) is 0 Å². The molecule has 1 aliphatic rings. The molecule has 0 bridgehead atoms. The average molecular weight is 367 g/mol. The minimum atomic E-state index is -0.488. The number of hydrogen-bond acceptors (Lipinski definition) is 4. The number of benzene rings is 1. The van der Waals surface area contributed by atoms with Gasteiger partial charge in [-0.2, -0.15) is 0 Å². The van der Waals surface area contributed by atoms with Crippen molar-refractivity contribution in [2.24, 2.45) is 0 Å². The Morgan fingerprint density at radius 1 is 1.25 bits per heavy atom. The Morgan fingerprint density at radius 3 is 2.38 bits per heavy atom. The van der Waals surface area contributed by atoms with Crippen LogP contribution >= 0.6 is 23.4 Å². The maximum Gasteiger partial charge on any atom is 0.491 e. The van der Waals surface area contributed by atoms with Crippen LogP contribution in [0.4, 0.5) is 0 Å². The lowest BCUT2D eigenvalue weighted by atomic mass is 9.78. The van der Waals surface area contributed by atoms with Gasteiger partial charge in [-0.3, -0.25) is 4.79 Å².